The Balaban J connectivity index is 5.40. The Morgan fingerprint density at radius 1 is 0.710 bits per heavy atom. The van der Waals surface area contributed by atoms with E-state index in [-0.39, 0.29) is 31.2 Å². The van der Waals surface area contributed by atoms with Gasteiger partial charge in [0, 0.05) is 12.8 Å². The Bertz CT molecular complexity index is 530. The Morgan fingerprint density at radius 2 is 1.10 bits per heavy atom. The van der Waals surface area contributed by atoms with Gasteiger partial charge in [0.2, 0.25) is 0 Å². The van der Waals surface area contributed by atoms with E-state index in [1.807, 2.05) is 20.8 Å². The molecule has 7 nitrogen and oxygen atoms in total. The fraction of sp³-hybridized carbons (Fsp3) is 0.917. The molecule has 0 aliphatic heterocycles. The number of aliphatic hydroxyl groups is 2. The van der Waals surface area contributed by atoms with Gasteiger partial charge in [0.1, 0.15) is 11.2 Å². The highest BCUT2D eigenvalue weighted by molar-refractivity contribution is 5.70. The van der Waals surface area contributed by atoms with E-state index in [1.165, 1.54) is 0 Å². The van der Waals surface area contributed by atoms with Crippen molar-refractivity contribution >= 4 is 11.9 Å². The van der Waals surface area contributed by atoms with Gasteiger partial charge < -0.3 is 24.4 Å². The number of carbonyl (C=O) groups is 2. The number of rotatable bonds is 11. The maximum Gasteiger partial charge on any atom is 0.306 e. The van der Waals surface area contributed by atoms with Crippen LogP contribution in [0.25, 0.3) is 0 Å². The van der Waals surface area contributed by atoms with E-state index in [1.54, 1.807) is 48.5 Å². The molecule has 7 heteroatoms. The molecule has 0 aromatic heterocycles. The Hall–Kier alpha value is -1.18. The van der Waals surface area contributed by atoms with E-state index in [0.29, 0.717) is 19.3 Å². The fourth-order valence-electron chi connectivity index (χ4n) is 3.37. The summed E-state index contributed by atoms with van der Waals surface area (Å²) >= 11 is 0. The van der Waals surface area contributed by atoms with Crippen LogP contribution in [0.4, 0.5) is 0 Å². The lowest BCUT2D eigenvalue weighted by atomic mass is 9.71. The third-order valence-electron chi connectivity index (χ3n) is 4.76. The van der Waals surface area contributed by atoms with E-state index in [4.69, 9.17) is 14.2 Å². The summed E-state index contributed by atoms with van der Waals surface area (Å²) in [6, 6.07) is 0. The average Bonchev–Trinajstić information content (AvgIpc) is 2.49. The molecule has 31 heavy (non-hydrogen) atoms. The number of ether oxygens (including phenoxy) is 3. The molecule has 2 unspecified atom stereocenters. The minimum Gasteiger partial charge on any atom is -0.460 e. The van der Waals surface area contributed by atoms with Crippen molar-refractivity contribution in [3.63, 3.8) is 0 Å². The largest absolute Gasteiger partial charge is 0.460 e. The topological polar surface area (TPSA) is 102 Å². The molecule has 0 heterocycles. The summed E-state index contributed by atoms with van der Waals surface area (Å²) in [5.41, 5.74) is -2.48. The van der Waals surface area contributed by atoms with Crippen molar-refractivity contribution in [2.24, 2.45) is 5.41 Å². The number of aliphatic hydroxyl groups excluding tert-OH is 2. The second kappa shape index (κ2) is 11.6. The van der Waals surface area contributed by atoms with Crippen LogP contribution < -0.4 is 0 Å². The van der Waals surface area contributed by atoms with Crippen molar-refractivity contribution in [2.75, 3.05) is 0 Å². The summed E-state index contributed by atoms with van der Waals surface area (Å²) in [5, 5.41) is 21.0. The van der Waals surface area contributed by atoms with Gasteiger partial charge in [-0.3, -0.25) is 9.59 Å². The van der Waals surface area contributed by atoms with Gasteiger partial charge >= 0.3 is 11.9 Å². The van der Waals surface area contributed by atoms with Gasteiger partial charge in [0.05, 0.1) is 11.7 Å². The van der Waals surface area contributed by atoms with Crippen LogP contribution in [-0.2, 0) is 23.8 Å². The van der Waals surface area contributed by atoms with E-state index in [9.17, 15) is 19.8 Å². The van der Waals surface area contributed by atoms with Crippen LogP contribution in [0.1, 0.15) is 108 Å². The summed E-state index contributed by atoms with van der Waals surface area (Å²) in [6.07, 6.45) is -0.312. The third kappa shape index (κ3) is 14.5. The first-order valence-corrected chi connectivity index (χ1v) is 11.2. The highest BCUT2D eigenvalue weighted by Crippen LogP contribution is 2.40. The minimum absolute atomic E-state index is 0.104. The summed E-state index contributed by atoms with van der Waals surface area (Å²) in [6.45, 7) is 18.0. The lowest BCUT2D eigenvalue weighted by molar-refractivity contribution is -0.174. The molecule has 2 atom stereocenters. The highest BCUT2D eigenvalue weighted by atomic mass is 16.6. The maximum atomic E-state index is 12.3. The van der Waals surface area contributed by atoms with Gasteiger partial charge in [0.25, 0.3) is 0 Å². The van der Waals surface area contributed by atoms with Crippen LogP contribution in [0.5, 0.6) is 0 Å². The van der Waals surface area contributed by atoms with E-state index >= 15 is 0 Å². The number of hydrogen-bond donors (Lipinski definition) is 2. The molecule has 0 spiro atoms. The second-order valence-electron chi connectivity index (χ2n) is 11.4. The molecule has 0 aromatic carbocycles. The first kappa shape index (κ1) is 29.8. The predicted molar refractivity (Wildman–Crippen MR) is 120 cm³/mol. The molecule has 0 rings (SSSR count). The Kier molecular flexibility index (Phi) is 11.2. The van der Waals surface area contributed by atoms with Gasteiger partial charge in [-0.15, -0.1) is 0 Å². The number of carbonyl (C=O) groups excluding carboxylic acids is 2. The molecule has 184 valence electrons. The minimum atomic E-state index is -1.01. The molecule has 2 N–H and O–H groups in total. The first-order valence-electron chi connectivity index (χ1n) is 11.2. The average molecular weight is 447 g/mol. The molecule has 0 aliphatic carbocycles. The molecule has 0 bridgehead atoms. The summed E-state index contributed by atoms with van der Waals surface area (Å²) < 4.78 is 16.4. The van der Waals surface area contributed by atoms with Crippen LogP contribution in [0.15, 0.2) is 0 Å². The van der Waals surface area contributed by atoms with Crippen molar-refractivity contribution in [1.82, 2.24) is 0 Å². The van der Waals surface area contributed by atoms with Crippen LogP contribution in [0.3, 0.4) is 0 Å². The summed E-state index contributed by atoms with van der Waals surface area (Å²) in [4.78, 5) is 24.6. The molecule has 0 aliphatic rings. The SMILES string of the molecule is CC(O)C(CCC(=O)OC(C)(C)C)(CCC(=O)OC(C)(C)C)CCC(O)OC(C)(C)C. The molecule has 0 fully saturated rings. The van der Waals surface area contributed by atoms with Crippen molar-refractivity contribution < 1.29 is 34.0 Å². The van der Waals surface area contributed by atoms with Gasteiger partial charge in [0.15, 0.2) is 6.29 Å². The van der Waals surface area contributed by atoms with Gasteiger partial charge in [-0.2, -0.15) is 0 Å². The lowest BCUT2D eigenvalue weighted by Crippen LogP contribution is -2.37. The molecular formula is C24H46O7. The Labute approximate surface area is 188 Å². The van der Waals surface area contributed by atoms with Crippen molar-refractivity contribution in [1.29, 1.82) is 0 Å². The normalized spacial score (nSPS) is 15.4. The number of hydrogen-bond acceptors (Lipinski definition) is 7. The lowest BCUT2D eigenvalue weighted by Gasteiger charge is -2.38. The van der Waals surface area contributed by atoms with Crippen LogP contribution >= 0.6 is 0 Å². The Morgan fingerprint density at radius 3 is 1.39 bits per heavy atom. The molecule has 0 amide bonds. The standard InChI is InChI=1S/C24H46O7/c1-17(25)24(14-11-18(26)29-21(2,3)4,15-12-19(27)30-22(5,6)7)16-13-20(28)31-23(8,9)10/h17-18,25-26H,11-16H2,1-10H3. The smallest absolute Gasteiger partial charge is 0.306 e. The fourth-order valence-corrected chi connectivity index (χ4v) is 3.37. The van der Waals surface area contributed by atoms with Crippen molar-refractivity contribution in [3.05, 3.63) is 0 Å². The van der Waals surface area contributed by atoms with E-state index in [0.717, 1.165) is 0 Å². The summed E-state index contributed by atoms with van der Waals surface area (Å²) in [5.74, 6) is -0.720. The van der Waals surface area contributed by atoms with Crippen LogP contribution in [-0.4, -0.2) is 51.3 Å². The zero-order valence-electron chi connectivity index (χ0n) is 21.3. The van der Waals surface area contributed by atoms with Gasteiger partial charge in [-0.05, 0) is 100 Å². The molecule has 0 aromatic rings. The van der Waals surface area contributed by atoms with Crippen molar-refractivity contribution in [3.8, 4) is 0 Å². The quantitative estimate of drug-likeness (QED) is 0.355. The zero-order valence-corrected chi connectivity index (χ0v) is 21.3. The zero-order chi connectivity index (χ0) is 24.7. The predicted octanol–water partition coefficient (Wildman–Crippen LogP) is 4.51. The van der Waals surface area contributed by atoms with E-state index < -0.39 is 34.6 Å². The van der Waals surface area contributed by atoms with E-state index in [2.05, 4.69) is 0 Å². The van der Waals surface area contributed by atoms with Gasteiger partial charge in [-0.25, -0.2) is 0 Å². The molecular weight excluding hydrogens is 400 g/mol. The second-order valence-corrected chi connectivity index (χ2v) is 11.4. The first-order chi connectivity index (χ1) is 13.7. The third-order valence-corrected chi connectivity index (χ3v) is 4.76. The molecule has 0 saturated heterocycles. The van der Waals surface area contributed by atoms with Crippen LogP contribution in [0, 0.1) is 5.41 Å². The number of esters is 2. The van der Waals surface area contributed by atoms with Gasteiger partial charge in [-0.1, -0.05) is 0 Å². The molecule has 0 radical (unpaired) electrons. The maximum absolute atomic E-state index is 12.3. The molecule has 0 saturated carbocycles. The monoisotopic (exact) mass is 446 g/mol. The van der Waals surface area contributed by atoms with Crippen LogP contribution in [0.2, 0.25) is 0 Å². The highest BCUT2D eigenvalue weighted by Gasteiger charge is 2.38. The summed E-state index contributed by atoms with van der Waals surface area (Å²) in [7, 11) is 0. The van der Waals surface area contributed by atoms with Crippen molar-refractivity contribution in [2.45, 2.75) is 137 Å².